The lowest BCUT2D eigenvalue weighted by Crippen LogP contribution is -2.47. The fourth-order valence-corrected chi connectivity index (χ4v) is 3.90. The lowest BCUT2D eigenvalue weighted by molar-refractivity contribution is -0.130. The Morgan fingerprint density at radius 2 is 1.75 bits per heavy atom. The second-order valence-corrected chi connectivity index (χ2v) is 6.42. The van der Waals surface area contributed by atoms with Crippen molar-refractivity contribution in [3.05, 3.63) is 0 Å². The van der Waals surface area contributed by atoms with Gasteiger partial charge < -0.3 is 15.1 Å². The summed E-state index contributed by atoms with van der Waals surface area (Å²) in [6, 6.07) is 0.541. The van der Waals surface area contributed by atoms with Crippen molar-refractivity contribution in [2.75, 3.05) is 39.3 Å². The standard InChI is InChI=1S/C15H27N3O.ClH/c19-15-2-1-9-18(15)14-5-10-17(11-6-14)12-13-3-7-16-8-4-13;/h13-14,16H,1-12H2;1H. The molecule has 5 heteroatoms. The maximum atomic E-state index is 11.8. The van der Waals surface area contributed by atoms with E-state index < -0.39 is 0 Å². The molecule has 0 atom stereocenters. The highest BCUT2D eigenvalue weighted by Crippen LogP contribution is 2.23. The van der Waals surface area contributed by atoms with Gasteiger partial charge in [-0.15, -0.1) is 12.4 Å². The molecule has 0 spiro atoms. The molecule has 0 unspecified atom stereocenters. The Morgan fingerprint density at radius 1 is 1.05 bits per heavy atom. The van der Waals surface area contributed by atoms with E-state index in [1.54, 1.807) is 0 Å². The predicted molar refractivity (Wildman–Crippen MR) is 83.3 cm³/mol. The third-order valence-electron chi connectivity index (χ3n) is 5.08. The van der Waals surface area contributed by atoms with E-state index in [-0.39, 0.29) is 12.4 Å². The fraction of sp³-hybridized carbons (Fsp3) is 0.933. The van der Waals surface area contributed by atoms with Gasteiger partial charge in [-0.2, -0.15) is 0 Å². The molecule has 0 saturated carbocycles. The van der Waals surface area contributed by atoms with Crippen molar-refractivity contribution in [3.8, 4) is 0 Å². The van der Waals surface area contributed by atoms with Crippen LogP contribution in [0.4, 0.5) is 0 Å². The second kappa shape index (κ2) is 7.62. The Morgan fingerprint density at radius 3 is 2.35 bits per heavy atom. The topological polar surface area (TPSA) is 35.6 Å². The molecule has 3 aliphatic rings. The lowest BCUT2D eigenvalue weighted by atomic mass is 9.95. The number of nitrogens with one attached hydrogen (secondary N) is 1. The maximum absolute atomic E-state index is 11.8. The SMILES string of the molecule is Cl.O=C1CCCN1C1CCN(CC2CCNCC2)CC1. The summed E-state index contributed by atoms with van der Waals surface area (Å²) in [6.07, 6.45) is 6.92. The van der Waals surface area contributed by atoms with Crippen molar-refractivity contribution < 1.29 is 4.79 Å². The monoisotopic (exact) mass is 301 g/mol. The van der Waals surface area contributed by atoms with Crippen LogP contribution in [-0.4, -0.2) is 61.0 Å². The van der Waals surface area contributed by atoms with Gasteiger partial charge in [0.25, 0.3) is 0 Å². The Balaban J connectivity index is 0.00000147. The van der Waals surface area contributed by atoms with Crippen molar-refractivity contribution >= 4 is 18.3 Å². The molecule has 3 fully saturated rings. The molecule has 1 amide bonds. The number of hydrogen-bond donors (Lipinski definition) is 1. The average Bonchev–Trinajstić information content (AvgIpc) is 2.87. The number of carbonyl (C=O) groups excluding carboxylic acids is 1. The van der Waals surface area contributed by atoms with Gasteiger partial charge >= 0.3 is 0 Å². The number of likely N-dealkylation sites (tertiary alicyclic amines) is 2. The molecule has 0 bridgehead atoms. The van der Waals surface area contributed by atoms with Crippen molar-refractivity contribution in [1.29, 1.82) is 0 Å². The predicted octanol–water partition coefficient (Wildman–Crippen LogP) is 1.49. The van der Waals surface area contributed by atoms with Crippen LogP contribution in [0.3, 0.4) is 0 Å². The molecule has 0 aromatic carbocycles. The first-order valence-corrected chi connectivity index (χ1v) is 8.05. The summed E-state index contributed by atoms with van der Waals surface area (Å²) in [5, 5.41) is 3.44. The number of carbonyl (C=O) groups is 1. The first-order valence-electron chi connectivity index (χ1n) is 8.05. The van der Waals surface area contributed by atoms with E-state index in [2.05, 4.69) is 15.1 Å². The molecule has 3 saturated heterocycles. The van der Waals surface area contributed by atoms with Gasteiger partial charge in [-0.25, -0.2) is 0 Å². The van der Waals surface area contributed by atoms with E-state index in [4.69, 9.17) is 0 Å². The Hall–Kier alpha value is -0.320. The molecule has 0 aromatic heterocycles. The maximum Gasteiger partial charge on any atom is 0.222 e. The average molecular weight is 302 g/mol. The molecule has 3 heterocycles. The van der Waals surface area contributed by atoms with E-state index in [0.29, 0.717) is 11.9 Å². The molecule has 0 aromatic rings. The van der Waals surface area contributed by atoms with Crippen molar-refractivity contribution in [1.82, 2.24) is 15.1 Å². The van der Waals surface area contributed by atoms with E-state index in [9.17, 15) is 4.79 Å². The summed E-state index contributed by atoms with van der Waals surface area (Å²) in [5.74, 6) is 1.29. The van der Waals surface area contributed by atoms with Gasteiger partial charge in [-0.05, 0) is 51.1 Å². The minimum absolute atomic E-state index is 0. The third-order valence-corrected chi connectivity index (χ3v) is 5.08. The molecule has 4 nitrogen and oxygen atoms in total. The molecule has 1 N–H and O–H groups in total. The quantitative estimate of drug-likeness (QED) is 0.858. The molecular weight excluding hydrogens is 274 g/mol. The number of rotatable bonds is 3. The largest absolute Gasteiger partial charge is 0.340 e. The van der Waals surface area contributed by atoms with Gasteiger partial charge in [-0.1, -0.05) is 0 Å². The van der Waals surface area contributed by atoms with Crippen LogP contribution in [0.1, 0.15) is 38.5 Å². The zero-order chi connectivity index (χ0) is 13.1. The first kappa shape index (κ1) is 16.1. The van der Waals surface area contributed by atoms with Crippen LogP contribution in [0, 0.1) is 5.92 Å². The number of amides is 1. The summed E-state index contributed by atoms with van der Waals surface area (Å²) >= 11 is 0. The molecule has 116 valence electrons. The van der Waals surface area contributed by atoms with Gasteiger partial charge in [0.05, 0.1) is 0 Å². The normalized spacial score (nSPS) is 26.8. The zero-order valence-electron chi connectivity index (χ0n) is 12.4. The smallest absolute Gasteiger partial charge is 0.222 e. The minimum Gasteiger partial charge on any atom is -0.340 e. The Kier molecular flexibility index (Phi) is 6.12. The lowest BCUT2D eigenvalue weighted by Gasteiger charge is -2.38. The van der Waals surface area contributed by atoms with Crippen molar-refractivity contribution in [2.24, 2.45) is 5.92 Å². The molecule has 0 aliphatic carbocycles. The fourth-order valence-electron chi connectivity index (χ4n) is 3.90. The summed E-state index contributed by atoms with van der Waals surface area (Å²) in [4.78, 5) is 16.6. The van der Waals surface area contributed by atoms with Crippen LogP contribution in [0.15, 0.2) is 0 Å². The zero-order valence-corrected chi connectivity index (χ0v) is 13.2. The highest BCUT2D eigenvalue weighted by Gasteiger charge is 2.31. The van der Waals surface area contributed by atoms with E-state index in [1.807, 2.05) is 0 Å². The number of piperidine rings is 2. The van der Waals surface area contributed by atoms with Crippen LogP contribution in [0.5, 0.6) is 0 Å². The van der Waals surface area contributed by atoms with E-state index in [0.717, 1.165) is 25.3 Å². The van der Waals surface area contributed by atoms with Crippen LogP contribution in [-0.2, 0) is 4.79 Å². The number of nitrogens with zero attached hydrogens (tertiary/aromatic N) is 2. The van der Waals surface area contributed by atoms with Gasteiger partial charge in [0.1, 0.15) is 0 Å². The summed E-state index contributed by atoms with van der Waals surface area (Å²) in [6.45, 7) is 7.07. The Labute approximate surface area is 128 Å². The summed E-state index contributed by atoms with van der Waals surface area (Å²) < 4.78 is 0. The van der Waals surface area contributed by atoms with Crippen molar-refractivity contribution in [2.45, 2.75) is 44.6 Å². The van der Waals surface area contributed by atoms with Gasteiger partial charge in [-0.3, -0.25) is 4.79 Å². The van der Waals surface area contributed by atoms with Crippen LogP contribution in [0.25, 0.3) is 0 Å². The second-order valence-electron chi connectivity index (χ2n) is 6.42. The van der Waals surface area contributed by atoms with Crippen LogP contribution < -0.4 is 5.32 Å². The van der Waals surface area contributed by atoms with Gasteiger partial charge in [0.15, 0.2) is 0 Å². The minimum atomic E-state index is 0. The third kappa shape index (κ3) is 3.86. The molecular formula is C15H28ClN3O. The summed E-state index contributed by atoms with van der Waals surface area (Å²) in [7, 11) is 0. The van der Waals surface area contributed by atoms with Crippen molar-refractivity contribution in [3.63, 3.8) is 0 Å². The molecule has 0 radical (unpaired) electrons. The van der Waals surface area contributed by atoms with Crippen LogP contribution >= 0.6 is 12.4 Å². The Bertz CT molecular complexity index is 312. The number of hydrogen-bond acceptors (Lipinski definition) is 3. The number of halogens is 1. The molecule has 3 rings (SSSR count). The van der Waals surface area contributed by atoms with E-state index in [1.165, 1.54) is 58.4 Å². The highest BCUT2D eigenvalue weighted by atomic mass is 35.5. The highest BCUT2D eigenvalue weighted by molar-refractivity contribution is 5.85. The molecule has 20 heavy (non-hydrogen) atoms. The molecule has 3 aliphatic heterocycles. The van der Waals surface area contributed by atoms with E-state index >= 15 is 0 Å². The van der Waals surface area contributed by atoms with Gasteiger partial charge in [0, 0.05) is 38.6 Å². The first-order chi connectivity index (χ1) is 9.33. The van der Waals surface area contributed by atoms with Crippen LogP contribution in [0.2, 0.25) is 0 Å². The summed E-state index contributed by atoms with van der Waals surface area (Å²) in [5.41, 5.74) is 0. The van der Waals surface area contributed by atoms with Gasteiger partial charge in [0.2, 0.25) is 5.91 Å².